The molecule has 1 unspecified atom stereocenters. The first-order chi connectivity index (χ1) is 9.78. The molecule has 0 saturated heterocycles. The molecule has 8 heteroatoms. The van der Waals surface area contributed by atoms with Crippen molar-refractivity contribution in [2.24, 2.45) is 5.41 Å². The van der Waals surface area contributed by atoms with E-state index >= 15 is 0 Å². The summed E-state index contributed by atoms with van der Waals surface area (Å²) >= 11 is 0. The van der Waals surface area contributed by atoms with Crippen LogP contribution in [-0.2, 0) is 17.6 Å². The number of nitriles is 1. The van der Waals surface area contributed by atoms with Crippen LogP contribution in [0.15, 0.2) is 4.52 Å². The number of ether oxygens (including phenoxy) is 1. The molecule has 5 nitrogen and oxygen atoms in total. The predicted octanol–water partition coefficient (Wildman–Crippen LogP) is 3.06. The first-order valence-electron chi connectivity index (χ1n) is 6.61. The van der Waals surface area contributed by atoms with Crippen molar-refractivity contribution in [3.05, 3.63) is 11.7 Å². The van der Waals surface area contributed by atoms with Crippen molar-refractivity contribution in [3.8, 4) is 6.07 Å². The maximum Gasteiger partial charge on any atom is 0.411 e. The first-order valence-corrected chi connectivity index (χ1v) is 6.61. The van der Waals surface area contributed by atoms with Crippen molar-refractivity contribution < 1.29 is 22.4 Å². The maximum atomic E-state index is 11.9. The zero-order chi connectivity index (χ0) is 15.9. The minimum atomic E-state index is -4.33. The normalized spacial score (nSPS) is 14.7. The summed E-state index contributed by atoms with van der Waals surface area (Å²) in [6.45, 7) is 2.52. The maximum absolute atomic E-state index is 11.9. The van der Waals surface area contributed by atoms with E-state index in [1.165, 1.54) is 0 Å². The average Bonchev–Trinajstić information content (AvgIpc) is 2.81. The Bertz CT molecular complexity index is 482. The largest absolute Gasteiger partial charge is 0.411 e. The van der Waals surface area contributed by atoms with E-state index in [9.17, 15) is 13.2 Å². The molecule has 0 N–H and O–H groups in total. The molecule has 0 spiro atoms. The van der Waals surface area contributed by atoms with E-state index in [1.807, 2.05) is 13.8 Å². The summed E-state index contributed by atoms with van der Waals surface area (Å²) in [4.78, 5) is 4.11. The van der Waals surface area contributed by atoms with Crippen LogP contribution in [0.2, 0.25) is 0 Å². The molecule has 0 saturated carbocycles. The van der Waals surface area contributed by atoms with E-state index in [-0.39, 0.29) is 18.4 Å². The van der Waals surface area contributed by atoms with Crippen LogP contribution >= 0.6 is 0 Å². The summed E-state index contributed by atoms with van der Waals surface area (Å²) in [5, 5.41) is 12.5. The Kier molecular flexibility index (Phi) is 6.15. The highest BCUT2D eigenvalue weighted by Gasteiger charge is 2.28. The number of hydrogen-bond donors (Lipinski definition) is 0. The molecular formula is C13H18F3N3O2. The summed E-state index contributed by atoms with van der Waals surface area (Å²) in [6, 6.07) is 2.13. The smallest absolute Gasteiger partial charge is 0.372 e. The fraction of sp³-hybridized carbons (Fsp3) is 0.769. The molecule has 1 rings (SSSR count). The molecule has 1 aromatic rings. The van der Waals surface area contributed by atoms with E-state index in [4.69, 9.17) is 9.78 Å². The van der Waals surface area contributed by atoms with E-state index in [1.54, 1.807) is 0 Å². The first kappa shape index (κ1) is 17.4. The van der Waals surface area contributed by atoms with Gasteiger partial charge in [-0.15, -0.1) is 0 Å². The molecule has 0 aliphatic carbocycles. The lowest BCUT2D eigenvalue weighted by atomic mass is 9.81. The topological polar surface area (TPSA) is 71.9 Å². The third-order valence-electron chi connectivity index (χ3n) is 3.18. The minimum absolute atomic E-state index is 0.123. The van der Waals surface area contributed by atoms with Crippen LogP contribution in [0.4, 0.5) is 13.2 Å². The number of aromatic nitrogens is 2. The second-order valence-electron chi connectivity index (χ2n) is 5.20. The molecule has 1 atom stereocenters. The van der Waals surface area contributed by atoms with Crippen LogP contribution in [0.25, 0.3) is 0 Å². The Morgan fingerprint density at radius 2 is 2.10 bits per heavy atom. The molecule has 0 aromatic carbocycles. The zero-order valence-corrected chi connectivity index (χ0v) is 12.0. The molecule has 0 amide bonds. The average molecular weight is 305 g/mol. The second-order valence-corrected chi connectivity index (χ2v) is 5.20. The highest BCUT2D eigenvalue weighted by atomic mass is 19.4. The van der Waals surface area contributed by atoms with Crippen molar-refractivity contribution in [1.82, 2.24) is 10.1 Å². The van der Waals surface area contributed by atoms with Gasteiger partial charge in [0.05, 0.1) is 12.7 Å². The molecule has 0 aliphatic heterocycles. The van der Waals surface area contributed by atoms with Crippen molar-refractivity contribution in [2.45, 2.75) is 45.7 Å². The van der Waals surface area contributed by atoms with Gasteiger partial charge < -0.3 is 9.26 Å². The van der Waals surface area contributed by atoms with E-state index in [2.05, 4.69) is 20.9 Å². The number of rotatable bonds is 8. The van der Waals surface area contributed by atoms with Crippen LogP contribution in [-0.4, -0.2) is 29.5 Å². The van der Waals surface area contributed by atoms with Crippen LogP contribution in [0.5, 0.6) is 0 Å². The van der Waals surface area contributed by atoms with E-state index in [0.29, 0.717) is 24.6 Å². The van der Waals surface area contributed by atoms with Gasteiger partial charge in [0.15, 0.2) is 5.82 Å². The molecule has 0 bridgehead atoms. The molecule has 21 heavy (non-hydrogen) atoms. The standard InChI is InChI=1S/C13H18F3N3O2/c1-3-12(2,5-6-17)8-11-18-10(19-21-11)4-7-20-9-13(14,15)16/h3-5,7-9H2,1-2H3. The Labute approximate surface area is 121 Å². The second kappa shape index (κ2) is 7.41. The van der Waals surface area contributed by atoms with Gasteiger partial charge in [0.2, 0.25) is 5.89 Å². The van der Waals surface area contributed by atoms with E-state index < -0.39 is 12.8 Å². The van der Waals surface area contributed by atoms with Gasteiger partial charge >= 0.3 is 6.18 Å². The Hall–Kier alpha value is -1.62. The fourth-order valence-corrected chi connectivity index (χ4v) is 1.68. The third kappa shape index (κ3) is 6.58. The molecule has 1 heterocycles. The van der Waals surface area contributed by atoms with Gasteiger partial charge in [0.1, 0.15) is 6.61 Å². The summed E-state index contributed by atoms with van der Waals surface area (Å²) in [5.74, 6) is 0.697. The summed E-state index contributed by atoms with van der Waals surface area (Å²) in [7, 11) is 0. The van der Waals surface area contributed by atoms with Gasteiger partial charge in [-0.3, -0.25) is 0 Å². The number of nitrogens with zero attached hydrogens (tertiary/aromatic N) is 3. The van der Waals surface area contributed by atoms with Gasteiger partial charge in [0.25, 0.3) is 0 Å². The van der Waals surface area contributed by atoms with E-state index in [0.717, 1.165) is 6.42 Å². The molecule has 0 fully saturated rings. The highest BCUT2D eigenvalue weighted by Crippen LogP contribution is 2.29. The monoisotopic (exact) mass is 305 g/mol. The number of halogens is 3. The number of hydrogen-bond acceptors (Lipinski definition) is 5. The molecule has 1 aromatic heterocycles. The van der Waals surface area contributed by atoms with Crippen molar-refractivity contribution in [1.29, 1.82) is 5.26 Å². The van der Waals surface area contributed by atoms with Gasteiger partial charge in [-0.25, -0.2) is 0 Å². The molecule has 118 valence electrons. The zero-order valence-electron chi connectivity index (χ0n) is 12.0. The summed E-state index contributed by atoms with van der Waals surface area (Å²) in [6.07, 6.45) is -2.56. The lowest BCUT2D eigenvalue weighted by Gasteiger charge is -2.22. The Morgan fingerprint density at radius 1 is 1.38 bits per heavy atom. The fourth-order valence-electron chi connectivity index (χ4n) is 1.68. The summed E-state index contributed by atoms with van der Waals surface area (Å²) in [5.41, 5.74) is -0.245. The Balaban J connectivity index is 2.45. The Morgan fingerprint density at radius 3 is 2.67 bits per heavy atom. The minimum Gasteiger partial charge on any atom is -0.372 e. The van der Waals surface area contributed by atoms with Crippen LogP contribution in [0.3, 0.4) is 0 Å². The lowest BCUT2D eigenvalue weighted by Crippen LogP contribution is -2.18. The van der Waals surface area contributed by atoms with Gasteiger partial charge in [0, 0.05) is 19.3 Å². The van der Waals surface area contributed by atoms with Crippen LogP contribution in [0.1, 0.15) is 38.4 Å². The SMILES string of the molecule is CCC(C)(CC#N)Cc1nc(CCOCC(F)(F)F)no1. The van der Waals surface area contributed by atoms with Gasteiger partial charge in [-0.2, -0.15) is 23.4 Å². The van der Waals surface area contributed by atoms with Crippen molar-refractivity contribution in [3.63, 3.8) is 0 Å². The predicted molar refractivity (Wildman–Crippen MR) is 67.2 cm³/mol. The quantitative estimate of drug-likeness (QED) is 0.690. The lowest BCUT2D eigenvalue weighted by molar-refractivity contribution is -0.173. The molecule has 0 radical (unpaired) electrons. The summed E-state index contributed by atoms with van der Waals surface area (Å²) < 4.78 is 45.2. The van der Waals surface area contributed by atoms with Crippen molar-refractivity contribution in [2.75, 3.05) is 13.2 Å². The molecule has 0 aliphatic rings. The third-order valence-corrected chi connectivity index (χ3v) is 3.18. The van der Waals surface area contributed by atoms with Crippen LogP contribution in [0, 0.1) is 16.7 Å². The molecular weight excluding hydrogens is 287 g/mol. The number of alkyl halides is 3. The van der Waals surface area contributed by atoms with Gasteiger partial charge in [-0.1, -0.05) is 19.0 Å². The van der Waals surface area contributed by atoms with Gasteiger partial charge in [-0.05, 0) is 11.8 Å². The van der Waals surface area contributed by atoms with Crippen molar-refractivity contribution >= 4 is 0 Å². The van der Waals surface area contributed by atoms with Crippen LogP contribution < -0.4 is 0 Å². The highest BCUT2D eigenvalue weighted by molar-refractivity contribution is 4.94.